The predicted molar refractivity (Wildman–Crippen MR) is 202 cm³/mol. The molecule has 0 saturated heterocycles. The molecule has 54 heavy (non-hydrogen) atoms. The van der Waals surface area contributed by atoms with Crippen LogP contribution in [0.4, 0.5) is 0 Å². The van der Waals surface area contributed by atoms with Gasteiger partial charge in [-0.25, -0.2) is 0 Å². The Bertz CT molecular complexity index is 1830. The Morgan fingerprint density at radius 3 is 1.48 bits per heavy atom. The zero-order valence-electron chi connectivity index (χ0n) is 32.4. The van der Waals surface area contributed by atoms with Gasteiger partial charge in [0.2, 0.25) is 0 Å². The summed E-state index contributed by atoms with van der Waals surface area (Å²) in [5, 5.41) is 35.6. The lowest BCUT2D eigenvalue weighted by atomic mass is 9.75. The quantitative estimate of drug-likeness (QED) is 0.197. The van der Waals surface area contributed by atoms with E-state index in [1.165, 1.54) is 20.8 Å². The van der Waals surface area contributed by atoms with E-state index in [0.717, 1.165) is 59.1 Å². The molecule has 2 aliphatic heterocycles. The highest BCUT2D eigenvalue weighted by Crippen LogP contribution is 2.46. The van der Waals surface area contributed by atoms with Crippen molar-refractivity contribution in [3.8, 4) is 0 Å². The number of ether oxygens (including phenoxy) is 2. The van der Waals surface area contributed by atoms with Crippen molar-refractivity contribution in [1.29, 1.82) is 0 Å². The van der Waals surface area contributed by atoms with Crippen LogP contribution in [0.5, 0.6) is 0 Å². The van der Waals surface area contributed by atoms with Gasteiger partial charge in [-0.2, -0.15) is 0 Å². The average molecular weight is 747 g/mol. The number of hydrogen-bond acceptors (Lipinski definition) is 10. The first-order valence-corrected chi connectivity index (χ1v) is 18.5. The van der Waals surface area contributed by atoms with E-state index >= 15 is 0 Å². The third-order valence-corrected chi connectivity index (χ3v) is 10.8. The molecule has 2 aliphatic carbocycles. The molecule has 2 saturated carbocycles. The topological polar surface area (TPSA) is 189 Å². The molecule has 292 valence electrons. The molecular formula is C42H54N2O10. The van der Waals surface area contributed by atoms with Gasteiger partial charge in [0.1, 0.15) is 11.5 Å². The summed E-state index contributed by atoms with van der Waals surface area (Å²) >= 11 is 0. The number of benzene rings is 2. The van der Waals surface area contributed by atoms with Crippen LogP contribution >= 0.6 is 0 Å². The van der Waals surface area contributed by atoms with Crippen LogP contribution in [0.25, 0.3) is 11.1 Å². The van der Waals surface area contributed by atoms with Gasteiger partial charge in [-0.15, -0.1) is 0 Å². The lowest BCUT2D eigenvalue weighted by Crippen LogP contribution is -2.48. The SMILES string of the molecule is CC(=O)OC(C)=O.CC(=O)OC1=C(c2cc(C)ccc2C)C(=O)NC12CCC(CO)CC2.Cc1ccc(C)c(C2=C(O)C3(CCC(CO)CC3)NC2=O)c1. The molecule has 0 radical (unpaired) electrons. The molecule has 2 aromatic rings. The fraction of sp³-hybridized carbons (Fsp3) is 0.500. The molecule has 2 heterocycles. The van der Waals surface area contributed by atoms with E-state index in [9.17, 15) is 39.3 Å². The number of aryl methyl sites for hydroxylation is 4. The second kappa shape index (κ2) is 17.6. The number of hydrogen-bond donors (Lipinski definition) is 5. The number of aliphatic hydroxyl groups excluding tert-OH is 3. The summed E-state index contributed by atoms with van der Waals surface area (Å²) < 4.78 is 9.57. The number of nitrogens with one attached hydrogen (secondary N) is 2. The van der Waals surface area contributed by atoms with Crippen LogP contribution in [0.1, 0.15) is 106 Å². The number of esters is 3. The summed E-state index contributed by atoms with van der Waals surface area (Å²) in [6.07, 6.45) is 5.93. The standard InChI is InChI=1S/C20H25NO4.C18H23NO3.C4H6O3/c1-12-4-5-13(2)16(10-12)17-18(25-14(3)23)20(21-19(17)24)8-6-15(11-22)7-9-20;1-11-3-4-12(2)14(9-11)15-16(21)18(19-17(15)22)7-5-13(10-20)6-8-18;1-3(5)7-4(2)6/h4-5,10,15,22H,6-9,11H2,1-3H3,(H,21,24);3-4,9,13,20-21H,5-8,10H2,1-2H3,(H,19,22);1-2H3. The number of amides is 2. The fourth-order valence-corrected chi connectivity index (χ4v) is 7.78. The maximum Gasteiger partial charge on any atom is 0.310 e. The third kappa shape index (κ3) is 9.46. The Labute approximate surface area is 317 Å². The van der Waals surface area contributed by atoms with Crippen molar-refractivity contribution in [2.45, 2.75) is 111 Å². The van der Waals surface area contributed by atoms with Crippen LogP contribution in [-0.4, -0.2) is 69.3 Å². The van der Waals surface area contributed by atoms with Gasteiger partial charge < -0.3 is 35.4 Å². The Morgan fingerprint density at radius 2 is 1.07 bits per heavy atom. The summed E-state index contributed by atoms with van der Waals surface area (Å²) in [6.45, 7) is 11.9. The summed E-state index contributed by atoms with van der Waals surface area (Å²) in [4.78, 5) is 56.7. The zero-order valence-corrected chi connectivity index (χ0v) is 32.4. The summed E-state index contributed by atoms with van der Waals surface area (Å²) in [7, 11) is 0. The van der Waals surface area contributed by atoms with Crippen LogP contribution in [0.3, 0.4) is 0 Å². The predicted octanol–water partition coefficient (Wildman–Crippen LogP) is 5.35. The number of rotatable bonds is 5. The normalized spacial score (nSPS) is 24.6. The molecule has 2 spiro atoms. The van der Waals surface area contributed by atoms with E-state index in [1.54, 1.807) is 0 Å². The molecular weight excluding hydrogens is 692 g/mol. The Morgan fingerprint density at radius 1 is 0.667 bits per heavy atom. The molecule has 4 aliphatic rings. The van der Waals surface area contributed by atoms with Crippen LogP contribution in [0.15, 0.2) is 47.9 Å². The molecule has 0 aromatic heterocycles. The van der Waals surface area contributed by atoms with Gasteiger partial charge in [-0.3, -0.25) is 24.0 Å². The largest absolute Gasteiger partial charge is 0.509 e. The minimum absolute atomic E-state index is 0.153. The second-order valence-corrected chi connectivity index (χ2v) is 15.1. The fourth-order valence-electron chi connectivity index (χ4n) is 7.78. The number of carbonyl (C=O) groups is 5. The molecule has 2 amide bonds. The van der Waals surface area contributed by atoms with Crippen LogP contribution < -0.4 is 10.6 Å². The van der Waals surface area contributed by atoms with Gasteiger partial charge in [0.25, 0.3) is 11.8 Å². The minimum Gasteiger partial charge on any atom is -0.509 e. The van der Waals surface area contributed by atoms with Gasteiger partial charge in [-0.1, -0.05) is 47.5 Å². The molecule has 6 rings (SSSR count). The molecule has 2 fully saturated rings. The summed E-state index contributed by atoms with van der Waals surface area (Å²) in [5.41, 5.74) is 5.33. The second-order valence-electron chi connectivity index (χ2n) is 15.1. The van der Waals surface area contributed by atoms with Gasteiger partial charge in [-0.05, 0) is 113 Å². The lowest BCUT2D eigenvalue weighted by Gasteiger charge is -2.37. The first kappa shape index (κ1) is 41.9. The molecule has 12 heteroatoms. The first-order valence-electron chi connectivity index (χ1n) is 18.5. The average Bonchev–Trinajstić information content (AvgIpc) is 3.50. The summed E-state index contributed by atoms with van der Waals surface area (Å²) in [6, 6.07) is 11.9. The maximum atomic E-state index is 12.8. The molecule has 0 atom stereocenters. The number of aliphatic hydroxyl groups is 3. The number of carbonyl (C=O) groups excluding carboxylic acids is 5. The van der Waals surface area contributed by atoms with Crippen molar-refractivity contribution in [3.63, 3.8) is 0 Å². The summed E-state index contributed by atoms with van der Waals surface area (Å²) in [5.74, 6) is -0.761. The zero-order chi connectivity index (χ0) is 40.0. The highest BCUT2D eigenvalue weighted by atomic mass is 16.6. The molecule has 0 unspecified atom stereocenters. The van der Waals surface area contributed by atoms with Crippen molar-refractivity contribution >= 4 is 40.9 Å². The van der Waals surface area contributed by atoms with Crippen molar-refractivity contribution in [2.75, 3.05) is 13.2 Å². The maximum absolute atomic E-state index is 12.8. The highest BCUT2D eigenvalue weighted by molar-refractivity contribution is 6.24. The van der Waals surface area contributed by atoms with Crippen molar-refractivity contribution < 1.29 is 48.8 Å². The van der Waals surface area contributed by atoms with E-state index in [0.29, 0.717) is 42.6 Å². The van der Waals surface area contributed by atoms with E-state index in [-0.39, 0.29) is 42.6 Å². The van der Waals surface area contributed by atoms with Crippen LogP contribution in [-0.2, 0) is 33.4 Å². The van der Waals surface area contributed by atoms with Crippen LogP contribution in [0, 0.1) is 39.5 Å². The first-order chi connectivity index (χ1) is 25.5. The minimum atomic E-state index is -0.639. The van der Waals surface area contributed by atoms with Crippen molar-refractivity contribution in [1.82, 2.24) is 10.6 Å². The molecule has 2 aromatic carbocycles. The van der Waals surface area contributed by atoms with Gasteiger partial charge in [0.05, 0.1) is 22.2 Å². The van der Waals surface area contributed by atoms with Crippen LogP contribution in [0.2, 0.25) is 0 Å². The van der Waals surface area contributed by atoms with Crippen molar-refractivity contribution in [3.05, 3.63) is 81.3 Å². The Kier molecular flexibility index (Phi) is 13.6. The van der Waals surface area contributed by atoms with Gasteiger partial charge in [0.15, 0.2) is 0 Å². The molecule has 5 N–H and O–H groups in total. The monoisotopic (exact) mass is 746 g/mol. The Balaban J connectivity index is 0.000000206. The lowest BCUT2D eigenvalue weighted by molar-refractivity contribution is -0.156. The van der Waals surface area contributed by atoms with Gasteiger partial charge >= 0.3 is 17.9 Å². The van der Waals surface area contributed by atoms with E-state index in [1.807, 2.05) is 64.1 Å². The smallest absolute Gasteiger partial charge is 0.310 e. The van der Waals surface area contributed by atoms with E-state index in [2.05, 4.69) is 15.4 Å². The Hall–Kier alpha value is -4.81. The highest BCUT2D eigenvalue weighted by Gasteiger charge is 2.50. The van der Waals surface area contributed by atoms with E-state index < -0.39 is 29.0 Å². The van der Waals surface area contributed by atoms with Gasteiger partial charge in [0, 0.05) is 34.0 Å². The molecule has 12 nitrogen and oxygen atoms in total. The molecule has 0 bridgehead atoms. The third-order valence-electron chi connectivity index (χ3n) is 10.8. The van der Waals surface area contributed by atoms with Crippen molar-refractivity contribution in [2.24, 2.45) is 11.8 Å². The van der Waals surface area contributed by atoms with E-state index in [4.69, 9.17) is 4.74 Å².